The Morgan fingerprint density at radius 1 is 1.39 bits per heavy atom. The molecule has 0 aliphatic carbocycles. The van der Waals surface area contributed by atoms with Crippen molar-refractivity contribution in [2.24, 2.45) is 11.7 Å². The Morgan fingerprint density at radius 3 is 2.65 bits per heavy atom. The van der Waals surface area contributed by atoms with Crippen LogP contribution in [-0.2, 0) is 4.74 Å². The van der Waals surface area contributed by atoms with Gasteiger partial charge in [0.05, 0.1) is 0 Å². The van der Waals surface area contributed by atoms with Crippen molar-refractivity contribution in [1.82, 2.24) is 4.90 Å². The summed E-state index contributed by atoms with van der Waals surface area (Å²) in [6, 6.07) is 6.54. The molecule has 0 saturated carbocycles. The molecule has 2 rings (SSSR count). The highest BCUT2D eigenvalue weighted by atomic mass is 16.6. The Hall–Kier alpha value is -1.55. The first kappa shape index (κ1) is 17.8. The van der Waals surface area contributed by atoms with Crippen LogP contribution in [0.1, 0.15) is 49.8 Å². The lowest BCUT2D eigenvalue weighted by atomic mass is 9.83. The Morgan fingerprint density at radius 2 is 2.09 bits per heavy atom. The second-order valence-electron chi connectivity index (χ2n) is 7.68. The summed E-state index contributed by atoms with van der Waals surface area (Å²) >= 11 is 0. The summed E-state index contributed by atoms with van der Waals surface area (Å²) in [5, 5.41) is 0. The van der Waals surface area contributed by atoms with Crippen LogP contribution < -0.4 is 5.73 Å². The van der Waals surface area contributed by atoms with E-state index in [1.165, 1.54) is 16.7 Å². The van der Waals surface area contributed by atoms with E-state index in [-0.39, 0.29) is 6.09 Å². The second-order valence-corrected chi connectivity index (χ2v) is 7.68. The summed E-state index contributed by atoms with van der Waals surface area (Å²) in [6.07, 6.45) is 0.769. The fourth-order valence-corrected chi connectivity index (χ4v) is 3.42. The largest absolute Gasteiger partial charge is 0.444 e. The van der Waals surface area contributed by atoms with Crippen LogP contribution >= 0.6 is 0 Å². The van der Waals surface area contributed by atoms with Crippen LogP contribution in [-0.4, -0.2) is 36.2 Å². The molecule has 1 aromatic rings. The van der Waals surface area contributed by atoms with E-state index in [4.69, 9.17) is 10.5 Å². The predicted molar refractivity (Wildman–Crippen MR) is 93.6 cm³/mol. The van der Waals surface area contributed by atoms with Crippen molar-refractivity contribution in [3.8, 4) is 0 Å². The number of ether oxygens (including phenoxy) is 1. The minimum Gasteiger partial charge on any atom is -0.444 e. The molecule has 2 atom stereocenters. The monoisotopic (exact) mass is 318 g/mol. The quantitative estimate of drug-likeness (QED) is 0.926. The highest BCUT2D eigenvalue weighted by Crippen LogP contribution is 2.33. The zero-order chi connectivity index (χ0) is 17.2. The Balaban J connectivity index is 2.08. The first-order valence-electron chi connectivity index (χ1n) is 8.46. The number of benzene rings is 1. The third-order valence-electron chi connectivity index (χ3n) is 4.52. The van der Waals surface area contributed by atoms with Crippen molar-refractivity contribution in [2.45, 2.75) is 52.6 Å². The van der Waals surface area contributed by atoms with Crippen molar-refractivity contribution in [3.63, 3.8) is 0 Å². The van der Waals surface area contributed by atoms with E-state index < -0.39 is 5.60 Å². The number of carbonyl (C=O) groups excluding carboxylic acids is 1. The Bertz CT molecular complexity index is 563. The maximum Gasteiger partial charge on any atom is 0.410 e. The van der Waals surface area contributed by atoms with Gasteiger partial charge in [0.1, 0.15) is 5.60 Å². The molecule has 0 radical (unpaired) electrons. The van der Waals surface area contributed by atoms with Gasteiger partial charge in [-0.1, -0.05) is 23.8 Å². The van der Waals surface area contributed by atoms with Gasteiger partial charge < -0.3 is 15.4 Å². The number of rotatable bonds is 3. The topological polar surface area (TPSA) is 55.6 Å². The summed E-state index contributed by atoms with van der Waals surface area (Å²) in [4.78, 5) is 14.1. The van der Waals surface area contributed by atoms with E-state index in [0.29, 0.717) is 18.4 Å². The molecule has 128 valence electrons. The summed E-state index contributed by atoms with van der Waals surface area (Å²) in [7, 11) is 0. The van der Waals surface area contributed by atoms with Gasteiger partial charge in [-0.2, -0.15) is 0 Å². The van der Waals surface area contributed by atoms with Gasteiger partial charge in [-0.05, 0) is 64.6 Å². The Labute approximate surface area is 140 Å². The molecule has 4 nitrogen and oxygen atoms in total. The zero-order valence-corrected chi connectivity index (χ0v) is 15.1. The summed E-state index contributed by atoms with van der Waals surface area (Å²) in [5.41, 5.74) is 9.50. The molecule has 23 heavy (non-hydrogen) atoms. The van der Waals surface area contributed by atoms with Gasteiger partial charge in [0.15, 0.2) is 0 Å². The summed E-state index contributed by atoms with van der Waals surface area (Å²) in [5.74, 6) is 0.692. The van der Waals surface area contributed by atoms with Gasteiger partial charge in [0, 0.05) is 19.0 Å². The van der Waals surface area contributed by atoms with Crippen LogP contribution in [0.3, 0.4) is 0 Å². The smallest absolute Gasteiger partial charge is 0.410 e. The van der Waals surface area contributed by atoms with Crippen LogP contribution in [0.4, 0.5) is 4.79 Å². The fourth-order valence-electron chi connectivity index (χ4n) is 3.42. The number of likely N-dealkylation sites (tertiary alicyclic amines) is 1. The number of amides is 1. The van der Waals surface area contributed by atoms with E-state index in [0.717, 1.165) is 19.5 Å². The first-order valence-corrected chi connectivity index (χ1v) is 8.46. The second kappa shape index (κ2) is 6.91. The maximum absolute atomic E-state index is 12.2. The standard InChI is InChI=1S/C19H30N2O2/c1-13-6-7-16(14(2)10-13)17(11-20)15-8-9-21(12-15)18(22)23-19(3,4)5/h6-7,10,15,17H,8-9,11-12,20H2,1-5H3. The number of aryl methyl sites for hydroxylation is 2. The molecular formula is C19H30N2O2. The fraction of sp³-hybridized carbons (Fsp3) is 0.632. The number of hydrogen-bond acceptors (Lipinski definition) is 3. The van der Waals surface area contributed by atoms with Gasteiger partial charge in [-0.15, -0.1) is 0 Å². The van der Waals surface area contributed by atoms with Crippen LogP contribution in [0.15, 0.2) is 18.2 Å². The van der Waals surface area contributed by atoms with Crippen LogP contribution in [0.2, 0.25) is 0 Å². The number of nitrogens with two attached hydrogens (primary N) is 1. The first-order chi connectivity index (χ1) is 10.7. The molecule has 0 bridgehead atoms. The van der Waals surface area contributed by atoms with Crippen molar-refractivity contribution in [1.29, 1.82) is 0 Å². The molecule has 2 N–H and O–H groups in total. The van der Waals surface area contributed by atoms with E-state index in [1.54, 1.807) is 0 Å². The van der Waals surface area contributed by atoms with Crippen molar-refractivity contribution >= 4 is 6.09 Å². The molecule has 1 aromatic carbocycles. The molecule has 0 spiro atoms. The van der Waals surface area contributed by atoms with Gasteiger partial charge in [0.2, 0.25) is 0 Å². The molecule has 4 heteroatoms. The van der Waals surface area contributed by atoms with E-state index in [1.807, 2.05) is 25.7 Å². The van der Waals surface area contributed by atoms with Gasteiger partial charge in [0.25, 0.3) is 0 Å². The number of carbonyl (C=O) groups is 1. The Kier molecular flexibility index (Phi) is 5.35. The minimum atomic E-state index is -0.448. The van der Waals surface area contributed by atoms with E-state index >= 15 is 0 Å². The molecule has 1 amide bonds. The molecule has 0 aromatic heterocycles. The summed E-state index contributed by atoms with van der Waals surface area (Å²) < 4.78 is 5.48. The molecule has 1 saturated heterocycles. The normalized spacial score (nSPS) is 19.7. The van der Waals surface area contributed by atoms with Crippen LogP contribution in [0.5, 0.6) is 0 Å². The third-order valence-corrected chi connectivity index (χ3v) is 4.52. The lowest BCUT2D eigenvalue weighted by Gasteiger charge is -2.26. The van der Waals surface area contributed by atoms with E-state index in [2.05, 4.69) is 32.0 Å². The average molecular weight is 318 g/mol. The third kappa shape index (κ3) is 4.47. The van der Waals surface area contributed by atoms with Crippen molar-refractivity contribution in [3.05, 3.63) is 34.9 Å². The molecule has 1 aliphatic heterocycles. The lowest BCUT2D eigenvalue weighted by molar-refractivity contribution is 0.0286. The molecule has 1 aliphatic rings. The number of hydrogen-bond donors (Lipinski definition) is 1. The number of nitrogens with zero attached hydrogens (tertiary/aromatic N) is 1. The minimum absolute atomic E-state index is 0.212. The van der Waals surface area contributed by atoms with Gasteiger partial charge in [-0.25, -0.2) is 4.79 Å². The van der Waals surface area contributed by atoms with Crippen molar-refractivity contribution < 1.29 is 9.53 Å². The highest BCUT2D eigenvalue weighted by molar-refractivity contribution is 5.68. The predicted octanol–water partition coefficient (Wildman–Crippen LogP) is 3.60. The average Bonchev–Trinajstić information content (AvgIpc) is 2.90. The molecule has 1 fully saturated rings. The van der Waals surface area contributed by atoms with Crippen LogP contribution in [0, 0.1) is 19.8 Å². The molecular weight excluding hydrogens is 288 g/mol. The maximum atomic E-state index is 12.2. The zero-order valence-electron chi connectivity index (χ0n) is 15.1. The van der Waals surface area contributed by atoms with Crippen molar-refractivity contribution in [2.75, 3.05) is 19.6 Å². The van der Waals surface area contributed by atoms with Crippen LogP contribution in [0.25, 0.3) is 0 Å². The SMILES string of the molecule is Cc1ccc(C(CN)C2CCN(C(=O)OC(C)(C)C)C2)c(C)c1. The van der Waals surface area contributed by atoms with Gasteiger partial charge >= 0.3 is 6.09 Å². The molecule has 1 heterocycles. The summed E-state index contributed by atoms with van der Waals surface area (Å²) in [6.45, 7) is 12.0. The highest BCUT2D eigenvalue weighted by Gasteiger charge is 2.34. The molecule has 2 unspecified atom stereocenters. The lowest BCUT2D eigenvalue weighted by Crippen LogP contribution is -2.36. The van der Waals surface area contributed by atoms with E-state index in [9.17, 15) is 4.79 Å². The van der Waals surface area contributed by atoms with Gasteiger partial charge in [-0.3, -0.25) is 0 Å².